The van der Waals surface area contributed by atoms with Crippen LogP contribution in [0.15, 0.2) is 112 Å². The van der Waals surface area contributed by atoms with E-state index in [1.807, 2.05) is 41.5 Å². The molecule has 3 heterocycles. The first-order valence-corrected chi connectivity index (χ1v) is 15.4. The number of aromatic nitrogens is 1. The van der Waals surface area contributed by atoms with Crippen LogP contribution in [0.1, 0.15) is 47.8 Å². The van der Waals surface area contributed by atoms with Crippen LogP contribution in [0.25, 0.3) is 5.57 Å². The maximum atomic E-state index is 13.4. The van der Waals surface area contributed by atoms with Gasteiger partial charge < -0.3 is 25.7 Å². The number of likely N-dealkylation sites (tertiary alicyclic amines) is 1. The van der Waals surface area contributed by atoms with Gasteiger partial charge in [0.15, 0.2) is 0 Å². The van der Waals surface area contributed by atoms with E-state index in [1.165, 1.54) is 12.1 Å². The normalized spacial score (nSPS) is 19.4. The van der Waals surface area contributed by atoms with Crippen molar-refractivity contribution in [1.82, 2.24) is 15.2 Å². The molecule has 1 fully saturated rings. The average molecular weight is 629 g/mol. The Labute approximate surface area is 268 Å². The molecule has 0 radical (unpaired) electrons. The number of piperidine rings is 1. The first-order chi connectivity index (χ1) is 21.8. The predicted octanol–water partition coefficient (Wildman–Crippen LogP) is 6.18. The minimum Gasteiger partial charge on any atom is -0.496 e. The van der Waals surface area contributed by atoms with E-state index >= 15 is 0 Å². The van der Waals surface area contributed by atoms with Crippen molar-refractivity contribution >= 4 is 35.3 Å². The molecule has 3 aliphatic rings. The number of H-pyrrole nitrogens is 1. The summed E-state index contributed by atoms with van der Waals surface area (Å²) in [7, 11) is 0. The lowest BCUT2D eigenvalue weighted by Crippen LogP contribution is -2.42. The summed E-state index contributed by atoms with van der Waals surface area (Å²) in [6.45, 7) is 7.41. The third kappa shape index (κ3) is 8.59. The van der Waals surface area contributed by atoms with Crippen LogP contribution in [0.5, 0.6) is 0 Å². The van der Waals surface area contributed by atoms with E-state index < -0.39 is 0 Å². The molecule has 1 aliphatic carbocycles. The molecule has 0 saturated carbocycles. The first kappa shape index (κ1) is 31.9. The Bertz CT molecular complexity index is 1640. The summed E-state index contributed by atoms with van der Waals surface area (Å²) in [5, 5.41) is 3.73. The molecule has 45 heavy (non-hydrogen) atoms. The summed E-state index contributed by atoms with van der Waals surface area (Å²) in [5.74, 6) is 0.937. The van der Waals surface area contributed by atoms with Crippen LogP contribution >= 0.6 is 11.6 Å². The molecular formula is C35H38ClFN6O2. The molecule has 1 aromatic carbocycles. The molecule has 2 aliphatic heterocycles. The summed E-state index contributed by atoms with van der Waals surface area (Å²) < 4.78 is 19.3. The number of carbonyl (C=O) groups excluding carboxylic acids is 1. The Morgan fingerprint density at radius 3 is 2.91 bits per heavy atom. The zero-order chi connectivity index (χ0) is 31.8. The van der Waals surface area contributed by atoms with Crippen molar-refractivity contribution in [3.63, 3.8) is 0 Å². The molecule has 4 N–H and O–H groups in total. The minimum absolute atomic E-state index is 0.00944. The Hall–Kier alpha value is -4.47. The Balaban J connectivity index is 1.24. The molecule has 0 bridgehead atoms. The largest absolute Gasteiger partial charge is 0.496 e. The second kappa shape index (κ2) is 15.0. The molecule has 1 unspecified atom stereocenters. The van der Waals surface area contributed by atoms with Gasteiger partial charge in [0.2, 0.25) is 0 Å². The summed E-state index contributed by atoms with van der Waals surface area (Å²) >= 11 is 6.56. The van der Waals surface area contributed by atoms with Gasteiger partial charge in [0.05, 0.1) is 17.7 Å². The van der Waals surface area contributed by atoms with Crippen LogP contribution in [-0.2, 0) is 11.2 Å². The fourth-order valence-electron chi connectivity index (χ4n) is 5.28. The number of rotatable bonds is 9. The number of nitrogens with two attached hydrogens (primary N) is 1. The van der Waals surface area contributed by atoms with Gasteiger partial charge in [-0.3, -0.25) is 9.79 Å². The quantitative estimate of drug-likeness (QED) is 0.227. The van der Waals surface area contributed by atoms with Crippen molar-refractivity contribution in [3.05, 3.63) is 124 Å². The number of allylic oxidation sites excluding steroid dienone is 8. The molecule has 8 nitrogen and oxygen atoms in total. The molecule has 234 valence electrons. The van der Waals surface area contributed by atoms with Crippen LogP contribution in [0.2, 0.25) is 0 Å². The van der Waals surface area contributed by atoms with Gasteiger partial charge in [-0.25, -0.2) is 9.38 Å². The van der Waals surface area contributed by atoms with E-state index in [4.69, 9.17) is 22.1 Å². The molecule has 0 spiro atoms. The Morgan fingerprint density at radius 1 is 1.31 bits per heavy atom. The highest BCUT2D eigenvalue weighted by Crippen LogP contribution is 2.27. The third-order valence-electron chi connectivity index (χ3n) is 7.90. The van der Waals surface area contributed by atoms with Crippen molar-refractivity contribution in [3.8, 4) is 0 Å². The number of ether oxygens (including phenoxy) is 1. The van der Waals surface area contributed by atoms with Gasteiger partial charge in [-0.2, -0.15) is 0 Å². The number of halogens is 2. The number of amides is 1. The van der Waals surface area contributed by atoms with Crippen molar-refractivity contribution < 1.29 is 13.9 Å². The standard InChI is InChI=1S/C35H38ClFN6O2/c1-3-30(20-31(36)23(2)45-15-12-24-6-4-8-28(37)16-24)42-34-19-26-17-25(7-5-9-32(26)40-22-41-34)27-18-33(39-21-27)35(44)43-13-10-29(38)11-14-43/h3-9,16-18,20-22,29,32,39H,1,10-15,19,38H2,2H3,(H,40,41,42)/b30-20+,31-23-. The molecule has 2 aromatic rings. The molecule has 5 rings (SSSR count). The van der Waals surface area contributed by atoms with E-state index in [0.717, 1.165) is 35.1 Å². The lowest BCUT2D eigenvalue weighted by molar-refractivity contribution is 0.0709. The number of aromatic amines is 1. The Morgan fingerprint density at radius 2 is 2.13 bits per heavy atom. The lowest BCUT2D eigenvalue weighted by atomic mass is 9.99. The summed E-state index contributed by atoms with van der Waals surface area (Å²) in [4.78, 5) is 27.3. The fraction of sp³-hybridized carbons (Fsp3) is 0.286. The zero-order valence-corrected chi connectivity index (χ0v) is 26.1. The highest BCUT2D eigenvalue weighted by Gasteiger charge is 2.24. The summed E-state index contributed by atoms with van der Waals surface area (Å²) in [5.41, 5.74) is 11.0. The van der Waals surface area contributed by atoms with Crippen molar-refractivity contribution in [1.29, 1.82) is 0 Å². The SMILES string of the molecule is C=C/C(=C\C(Cl)=C(/C)OCCc1cccc(F)c1)NC1=NC=NC2C=CC=C(c3c[nH]c(C(=O)N4CCC(N)CC4)c3)C=C2C1. The maximum Gasteiger partial charge on any atom is 0.270 e. The van der Waals surface area contributed by atoms with E-state index in [1.54, 1.807) is 31.5 Å². The fourth-order valence-corrected chi connectivity index (χ4v) is 5.46. The molecule has 1 aromatic heterocycles. The minimum atomic E-state index is -0.271. The monoisotopic (exact) mass is 628 g/mol. The van der Waals surface area contributed by atoms with E-state index in [9.17, 15) is 9.18 Å². The van der Waals surface area contributed by atoms with Crippen LogP contribution in [0.4, 0.5) is 4.39 Å². The van der Waals surface area contributed by atoms with E-state index in [2.05, 4.69) is 32.9 Å². The van der Waals surface area contributed by atoms with Gasteiger partial charge in [0.1, 0.15) is 29.4 Å². The van der Waals surface area contributed by atoms with E-state index in [0.29, 0.717) is 60.6 Å². The second-order valence-electron chi connectivity index (χ2n) is 11.2. The predicted molar refractivity (Wildman–Crippen MR) is 179 cm³/mol. The van der Waals surface area contributed by atoms with Gasteiger partial charge in [0.25, 0.3) is 5.91 Å². The smallest absolute Gasteiger partial charge is 0.270 e. The van der Waals surface area contributed by atoms with Crippen LogP contribution in [0, 0.1) is 5.82 Å². The topological polar surface area (TPSA) is 108 Å². The van der Waals surface area contributed by atoms with Gasteiger partial charge in [-0.05, 0) is 72.4 Å². The average Bonchev–Trinajstić information content (AvgIpc) is 3.34. The maximum absolute atomic E-state index is 13.4. The van der Waals surface area contributed by atoms with Gasteiger partial charge >= 0.3 is 0 Å². The number of hydrogen-bond donors (Lipinski definition) is 3. The highest BCUT2D eigenvalue weighted by molar-refractivity contribution is 6.31. The number of fused-ring (bicyclic) bond motifs is 1. The van der Waals surface area contributed by atoms with Gasteiger partial charge in [-0.15, -0.1) is 0 Å². The van der Waals surface area contributed by atoms with Crippen LogP contribution in [-0.4, -0.2) is 59.7 Å². The molecule has 1 saturated heterocycles. The number of aliphatic imine (C=N–C) groups is 2. The number of nitrogens with zero attached hydrogens (tertiary/aromatic N) is 3. The highest BCUT2D eigenvalue weighted by atomic mass is 35.5. The lowest BCUT2D eigenvalue weighted by Gasteiger charge is -2.29. The molecule has 10 heteroatoms. The Kier molecular flexibility index (Phi) is 10.7. The second-order valence-corrected chi connectivity index (χ2v) is 11.6. The van der Waals surface area contributed by atoms with Crippen molar-refractivity contribution in [2.75, 3.05) is 19.7 Å². The van der Waals surface area contributed by atoms with Crippen molar-refractivity contribution in [2.24, 2.45) is 15.7 Å². The number of benzene rings is 1. The zero-order valence-electron chi connectivity index (χ0n) is 25.3. The third-order valence-corrected chi connectivity index (χ3v) is 8.28. The summed E-state index contributed by atoms with van der Waals surface area (Å²) in [6.07, 6.45) is 17.6. The van der Waals surface area contributed by atoms with Crippen molar-refractivity contribution in [2.45, 2.75) is 44.7 Å². The number of amidine groups is 1. The first-order valence-electron chi connectivity index (χ1n) is 15.0. The molecule has 1 atom stereocenters. The van der Waals surface area contributed by atoms with Crippen LogP contribution in [0.3, 0.4) is 0 Å². The van der Waals surface area contributed by atoms with E-state index in [-0.39, 0.29) is 23.8 Å². The number of carbonyl (C=O) groups is 1. The molecular weight excluding hydrogens is 591 g/mol. The van der Waals surface area contributed by atoms with Gasteiger partial charge in [0, 0.05) is 43.9 Å². The molecule has 1 amide bonds. The number of hydrogen-bond acceptors (Lipinski definition) is 6. The van der Waals surface area contributed by atoms with Gasteiger partial charge in [-0.1, -0.05) is 54.6 Å². The summed E-state index contributed by atoms with van der Waals surface area (Å²) in [6, 6.07) is 8.33. The van der Waals surface area contributed by atoms with Crippen LogP contribution < -0.4 is 11.1 Å². The number of nitrogens with one attached hydrogen (secondary N) is 2.